The Morgan fingerprint density at radius 3 is 2.52 bits per heavy atom. The van der Waals surface area contributed by atoms with Crippen LogP contribution in [-0.2, 0) is 0 Å². The number of carbonyl (C=O) groups excluding carboxylic acids is 1. The van der Waals surface area contributed by atoms with E-state index in [0.29, 0.717) is 18.1 Å². The van der Waals surface area contributed by atoms with Gasteiger partial charge in [-0.2, -0.15) is 4.98 Å². The van der Waals surface area contributed by atoms with Crippen molar-refractivity contribution >= 4 is 23.0 Å². The lowest BCUT2D eigenvalue weighted by Gasteiger charge is -2.20. The number of para-hydroxylation sites is 1. The highest BCUT2D eigenvalue weighted by Gasteiger charge is 2.27. The second kappa shape index (κ2) is 7.74. The molecule has 0 saturated carbocycles. The van der Waals surface area contributed by atoms with E-state index in [1.165, 1.54) is 17.0 Å². The van der Waals surface area contributed by atoms with Crippen LogP contribution in [0.1, 0.15) is 41.5 Å². The average Bonchev–Trinajstić information content (AvgIpc) is 3.13. The number of amides is 1. The summed E-state index contributed by atoms with van der Waals surface area (Å²) in [7, 11) is 3.12. The Bertz CT molecular complexity index is 1130. The molecule has 0 aliphatic rings. The van der Waals surface area contributed by atoms with Crippen molar-refractivity contribution in [3.63, 3.8) is 0 Å². The lowest BCUT2D eigenvalue weighted by atomic mass is 10.1. The van der Waals surface area contributed by atoms with Crippen LogP contribution in [0.4, 0.5) is 17.1 Å². The number of anilines is 3. The third-order valence-corrected chi connectivity index (χ3v) is 4.41. The lowest BCUT2D eigenvalue weighted by Crippen LogP contribution is -2.37. The zero-order chi connectivity index (χ0) is 21.3. The van der Waals surface area contributed by atoms with E-state index >= 15 is 0 Å². The number of phenolic OH excluding ortho intramolecular Hbond substituents is 1. The van der Waals surface area contributed by atoms with Gasteiger partial charge in [0.1, 0.15) is 17.4 Å². The molecule has 10 nitrogen and oxygen atoms in total. The molecule has 0 unspecified atom stereocenters. The van der Waals surface area contributed by atoms with Crippen LogP contribution in [-0.4, -0.2) is 40.1 Å². The van der Waals surface area contributed by atoms with Gasteiger partial charge in [-0.05, 0) is 25.5 Å². The van der Waals surface area contributed by atoms with Gasteiger partial charge in [-0.1, -0.05) is 18.1 Å². The summed E-state index contributed by atoms with van der Waals surface area (Å²) in [6, 6.07) is 4.07. The highest BCUT2D eigenvalue weighted by atomic mass is 16.5. The molecular formula is C19H21N5O5. The molecule has 10 heteroatoms. The minimum atomic E-state index is -0.729. The number of nitrogens with zero attached hydrogens (tertiary/aromatic N) is 3. The van der Waals surface area contributed by atoms with Crippen LogP contribution >= 0.6 is 0 Å². The van der Waals surface area contributed by atoms with Crippen LogP contribution < -0.4 is 21.5 Å². The number of hydrogen-bond acceptors (Lipinski definition) is 9. The molecule has 0 aliphatic carbocycles. The fourth-order valence-electron chi connectivity index (χ4n) is 2.81. The van der Waals surface area contributed by atoms with Crippen molar-refractivity contribution in [2.24, 2.45) is 0 Å². The quantitative estimate of drug-likeness (QED) is 0.400. The Morgan fingerprint density at radius 2 is 1.93 bits per heavy atom. The van der Waals surface area contributed by atoms with Gasteiger partial charge in [0.05, 0.1) is 11.3 Å². The molecule has 0 bridgehead atoms. The predicted molar refractivity (Wildman–Crippen MR) is 106 cm³/mol. The van der Waals surface area contributed by atoms with Crippen LogP contribution in [0.5, 0.6) is 5.75 Å². The summed E-state index contributed by atoms with van der Waals surface area (Å²) in [5.41, 5.74) is -1.17. The maximum absolute atomic E-state index is 12.2. The van der Waals surface area contributed by atoms with Crippen molar-refractivity contribution in [3.8, 4) is 5.75 Å². The number of hydrogen-bond donors (Lipinski definition) is 3. The number of aromatic hydroxyl groups is 1. The standard InChI is InChI=1S/C19H21N5O5/c1-5-11(18-20-9(2)23-29-18)21-13-14(17(27)16(13)26)22-12-8-6-7-10(15(12)25)19(28)24(3)4/h6-8,11,21-22,25H,5H2,1-4H3/t11-/m1/s1. The van der Waals surface area contributed by atoms with Crippen LogP contribution in [0, 0.1) is 6.92 Å². The summed E-state index contributed by atoms with van der Waals surface area (Å²) in [4.78, 5) is 41.9. The van der Waals surface area contributed by atoms with Gasteiger partial charge in [0.25, 0.3) is 16.8 Å². The Morgan fingerprint density at radius 1 is 1.24 bits per heavy atom. The van der Waals surface area contributed by atoms with Gasteiger partial charge in [0, 0.05) is 14.1 Å². The summed E-state index contributed by atoms with van der Waals surface area (Å²) in [5.74, 6) is 0.0402. The number of rotatable bonds is 7. The predicted octanol–water partition coefficient (Wildman–Crippen LogP) is 1.69. The number of nitrogens with one attached hydrogen (secondary N) is 2. The molecule has 3 N–H and O–H groups in total. The third kappa shape index (κ3) is 3.68. The van der Waals surface area contributed by atoms with Crippen LogP contribution in [0.2, 0.25) is 0 Å². The molecule has 152 valence electrons. The number of carbonyl (C=O) groups is 1. The maximum atomic E-state index is 12.2. The molecular weight excluding hydrogens is 378 g/mol. The molecule has 0 spiro atoms. The first-order chi connectivity index (χ1) is 13.7. The minimum Gasteiger partial charge on any atom is -0.505 e. The van der Waals surface area contributed by atoms with Gasteiger partial charge in [0.15, 0.2) is 11.6 Å². The van der Waals surface area contributed by atoms with E-state index < -0.39 is 22.8 Å². The number of benzene rings is 1. The molecule has 1 atom stereocenters. The van der Waals surface area contributed by atoms with Gasteiger partial charge in [-0.15, -0.1) is 0 Å². The van der Waals surface area contributed by atoms with E-state index in [4.69, 9.17) is 4.52 Å². The fourth-order valence-corrected chi connectivity index (χ4v) is 2.81. The first-order valence-corrected chi connectivity index (χ1v) is 8.95. The molecule has 1 amide bonds. The highest BCUT2D eigenvalue weighted by Crippen LogP contribution is 2.33. The molecule has 0 aliphatic heterocycles. The summed E-state index contributed by atoms with van der Waals surface area (Å²) in [6.45, 7) is 3.53. The fraction of sp³-hybridized carbons (Fsp3) is 0.316. The van der Waals surface area contributed by atoms with Crippen molar-refractivity contribution in [2.75, 3.05) is 24.7 Å². The molecule has 0 fully saturated rings. The van der Waals surface area contributed by atoms with Gasteiger partial charge >= 0.3 is 0 Å². The molecule has 0 saturated heterocycles. The third-order valence-electron chi connectivity index (χ3n) is 4.41. The molecule has 29 heavy (non-hydrogen) atoms. The summed E-state index contributed by atoms with van der Waals surface area (Å²) in [6.07, 6.45) is 0.526. The molecule has 3 rings (SSSR count). The van der Waals surface area contributed by atoms with Crippen molar-refractivity contribution < 1.29 is 14.4 Å². The van der Waals surface area contributed by atoms with Crippen LogP contribution in [0.3, 0.4) is 0 Å². The van der Waals surface area contributed by atoms with Crippen molar-refractivity contribution in [2.45, 2.75) is 26.3 Å². The average molecular weight is 399 g/mol. The summed E-state index contributed by atoms with van der Waals surface area (Å²) >= 11 is 0. The summed E-state index contributed by atoms with van der Waals surface area (Å²) in [5, 5.41) is 19.9. The van der Waals surface area contributed by atoms with Crippen molar-refractivity contribution in [3.05, 3.63) is 55.9 Å². The molecule has 0 radical (unpaired) electrons. The number of phenols is 1. The Labute approximate surface area is 165 Å². The van der Waals surface area contributed by atoms with Gasteiger partial charge in [-0.25, -0.2) is 0 Å². The molecule has 1 heterocycles. The Balaban J connectivity index is 1.90. The van der Waals surface area contributed by atoms with Gasteiger partial charge < -0.3 is 25.2 Å². The van der Waals surface area contributed by atoms with E-state index in [1.807, 2.05) is 6.92 Å². The smallest absolute Gasteiger partial charge is 0.257 e. The van der Waals surface area contributed by atoms with Crippen molar-refractivity contribution in [1.29, 1.82) is 0 Å². The van der Waals surface area contributed by atoms with E-state index in [9.17, 15) is 19.5 Å². The van der Waals surface area contributed by atoms with E-state index in [2.05, 4.69) is 20.8 Å². The van der Waals surface area contributed by atoms with Crippen molar-refractivity contribution in [1.82, 2.24) is 15.0 Å². The topological polar surface area (TPSA) is 138 Å². The van der Waals surface area contributed by atoms with E-state index in [1.54, 1.807) is 27.1 Å². The maximum Gasteiger partial charge on any atom is 0.257 e. The monoisotopic (exact) mass is 399 g/mol. The Hall–Kier alpha value is -3.69. The SMILES string of the molecule is CC[C@@H](Nc1c(Nc2cccc(C(=O)N(C)C)c2O)c(=O)c1=O)c1nc(C)no1. The largest absolute Gasteiger partial charge is 0.505 e. The van der Waals surface area contributed by atoms with Gasteiger partial charge in [-0.3, -0.25) is 14.4 Å². The molecule has 3 aromatic rings. The van der Waals surface area contributed by atoms with Crippen LogP contribution in [0.15, 0.2) is 32.3 Å². The lowest BCUT2D eigenvalue weighted by molar-refractivity contribution is 0.0824. The van der Waals surface area contributed by atoms with Crippen LogP contribution in [0.25, 0.3) is 0 Å². The molecule has 1 aromatic heterocycles. The summed E-state index contributed by atoms with van der Waals surface area (Å²) < 4.78 is 5.14. The normalized spacial score (nSPS) is 12.0. The van der Waals surface area contributed by atoms with E-state index in [0.717, 1.165) is 0 Å². The highest BCUT2D eigenvalue weighted by molar-refractivity contribution is 5.99. The Kier molecular flexibility index (Phi) is 5.35. The first-order valence-electron chi connectivity index (χ1n) is 8.95. The van der Waals surface area contributed by atoms with Gasteiger partial charge in [0.2, 0.25) is 5.89 Å². The zero-order valence-corrected chi connectivity index (χ0v) is 16.4. The second-order valence-electron chi connectivity index (χ2n) is 6.72. The molecule has 2 aromatic carbocycles. The number of aromatic nitrogens is 2. The minimum absolute atomic E-state index is 0.00515. The number of aryl methyl sites for hydroxylation is 1. The second-order valence-corrected chi connectivity index (χ2v) is 6.72. The van der Waals surface area contributed by atoms with E-state index in [-0.39, 0.29) is 28.4 Å². The first kappa shape index (κ1) is 20.1. The zero-order valence-electron chi connectivity index (χ0n) is 16.4.